The zero-order chi connectivity index (χ0) is 19.1. The van der Waals surface area contributed by atoms with Crippen molar-refractivity contribution >= 4 is 12.0 Å². The molecule has 1 aliphatic carbocycles. The molecule has 3 rings (SSSR count). The first-order chi connectivity index (χ1) is 13.1. The van der Waals surface area contributed by atoms with Crippen molar-refractivity contribution in [2.75, 3.05) is 6.54 Å². The van der Waals surface area contributed by atoms with Crippen molar-refractivity contribution in [3.05, 3.63) is 70.8 Å². The minimum atomic E-state index is -0.601. The maximum absolute atomic E-state index is 12.1. The second kappa shape index (κ2) is 9.21. The lowest BCUT2D eigenvalue weighted by molar-refractivity contribution is -0.120. The molecule has 2 aromatic carbocycles. The summed E-state index contributed by atoms with van der Waals surface area (Å²) < 4.78 is 5.10. The zero-order valence-electron chi connectivity index (χ0n) is 15.7. The largest absolute Gasteiger partial charge is 0.445 e. The quantitative estimate of drug-likeness (QED) is 0.820. The summed E-state index contributed by atoms with van der Waals surface area (Å²) in [4.78, 5) is 23.8. The van der Waals surface area contributed by atoms with Crippen molar-refractivity contribution in [1.82, 2.24) is 10.6 Å². The molecular weight excluding hydrogens is 340 g/mol. The van der Waals surface area contributed by atoms with Gasteiger partial charge in [0.1, 0.15) is 13.2 Å². The third-order valence-electron chi connectivity index (χ3n) is 4.86. The molecule has 0 radical (unpaired) electrons. The maximum Gasteiger partial charge on any atom is 0.407 e. The van der Waals surface area contributed by atoms with Crippen LogP contribution in [0.25, 0.3) is 0 Å². The summed E-state index contributed by atoms with van der Waals surface area (Å²) in [6, 6.07) is 15.8. The first-order valence-electron chi connectivity index (χ1n) is 9.47. The van der Waals surface area contributed by atoms with Crippen LogP contribution in [-0.4, -0.2) is 18.5 Å². The number of ether oxygens (including phenoxy) is 1. The summed E-state index contributed by atoms with van der Waals surface area (Å²) in [6.45, 7) is 2.03. The van der Waals surface area contributed by atoms with Crippen LogP contribution in [0.2, 0.25) is 0 Å². The Kier molecular flexibility index (Phi) is 6.47. The van der Waals surface area contributed by atoms with Crippen LogP contribution >= 0.6 is 0 Å². The summed E-state index contributed by atoms with van der Waals surface area (Å²) in [6.07, 6.45) is 4.14. The van der Waals surface area contributed by atoms with Crippen molar-refractivity contribution in [2.24, 2.45) is 0 Å². The molecule has 2 aromatic rings. The standard InChI is InChI=1S/C22H26N2O3/c1-16(19-12-11-18-9-5-6-10-20(18)13-19)24-21(25)14-23-22(26)27-15-17-7-3-2-4-8-17/h2-4,7-8,11-13,16H,5-6,9-10,14-15H2,1H3,(H,23,26)(H,24,25). The summed E-state index contributed by atoms with van der Waals surface area (Å²) in [5.41, 5.74) is 4.81. The normalized spacial score (nSPS) is 14.0. The minimum Gasteiger partial charge on any atom is -0.445 e. The highest BCUT2D eigenvalue weighted by atomic mass is 16.5. The fourth-order valence-electron chi connectivity index (χ4n) is 3.33. The van der Waals surface area contributed by atoms with Crippen LogP contribution in [0.3, 0.4) is 0 Å². The van der Waals surface area contributed by atoms with Crippen molar-refractivity contribution in [3.8, 4) is 0 Å². The molecule has 0 saturated heterocycles. The van der Waals surface area contributed by atoms with Crippen LogP contribution in [0.4, 0.5) is 4.79 Å². The van der Waals surface area contributed by atoms with Crippen LogP contribution in [0.5, 0.6) is 0 Å². The van der Waals surface area contributed by atoms with Gasteiger partial charge >= 0.3 is 6.09 Å². The summed E-state index contributed by atoms with van der Waals surface area (Å²) in [5.74, 6) is -0.239. The van der Waals surface area contributed by atoms with E-state index in [2.05, 4.69) is 28.8 Å². The zero-order valence-corrected chi connectivity index (χ0v) is 15.7. The molecule has 5 nitrogen and oxygen atoms in total. The Bertz CT molecular complexity index is 789. The molecule has 0 fully saturated rings. The number of nitrogens with one attached hydrogen (secondary N) is 2. The highest BCUT2D eigenvalue weighted by Crippen LogP contribution is 2.24. The van der Waals surface area contributed by atoms with Crippen molar-refractivity contribution in [3.63, 3.8) is 0 Å². The molecule has 5 heteroatoms. The van der Waals surface area contributed by atoms with E-state index >= 15 is 0 Å². The van der Waals surface area contributed by atoms with Gasteiger partial charge < -0.3 is 15.4 Å². The van der Waals surface area contributed by atoms with Crippen LogP contribution in [0.15, 0.2) is 48.5 Å². The Labute approximate surface area is 160 Å². The lowest BCUT2D eigenvalue weighted by Gasteiger charge is -2.20. The van der Waals surface area contributed by atoms with Gasteiger partial charge in [0.15, 0.2) is 0 Å². The Morgan fingerprint density at radius 2 is 1.78 bits per heavy atom. The van der Waals surface area contributed by atoms with E-state index in [4.69, 9.17) is 4.74 Å². The Hall–Kier alpha value is -2.82. The third kappa shape index (κ3) is 5.58. The topological polar surface area (TPSA) is 67.4 Å². The van der Waals surface area contributed by atoms with Gasteiger partial charge in [-0.3, -0.25) is 4.79 Å². The summed E-state index contributed by atoms with van der Waals surface area (Å²) >= 11 is 0. The average Bonchev–Trinajstić information content (AvgIpc) is 2.71. The minimum absolute atomic E-state index is 0.105. The molecule has 1 unspecified atom stereocenters. The molecule has 2 N–H and O–H groups in total. The first kappa shape index (κ1) is 19.0. The van der Waals surface area contributed by atoms with E-state index in [0.29, 0.717) is 0 Å². The molecule has 0 saturated carbocycles. The number of benzene rings is 2. The molecule has 0 spiro atoms. The molecule has 0 heterocycles. The fraction of sp³-hybridized carbons (Fsp3) is 0.364. The monoisotopic (exact) mass is 366 g/mol. The van der Waals surface area contributed by atoms with E-state index in [1.54, 1.807) is 0 Å². The molecule has 0 aliphatic heterocycles. The number of fused-ring (bicyclic) bond motifs is 1. The molecule has 2 amide bonds. The van der Waals surface area contributed by atoms with Gasteiger partial charge in [0.2, 0.25) is 5.91 Å². The first-order valence-corrected chi connectivity index (χ1v) is 9.47. The van der Waals surface area contributed by atoms with Crippen LogP contribution in [0.1, 0.15) is 48.1 Å². The number of carbonyl (C=O) groups excluding carboxylic acids is 2. The smallest absolute Gasteiger partial charge is 0.407 e. The van der Waals surface area contributed by atoms with Crippen molar-refractivity contribution in [2.45, 2.75) is 45.3 Å². The number of carbonyl (C=O) groups is 2. The molecule has 142 valence electrons. The predicted octanol–water partition coefficient (Wildman–Crippen LogP) is 3.67. The van der Waals surface area contributed by atoms with E-state index in [0.717, 1.165) is 24.0 Å². The molecule has 1 atom stereocenters. The second-order valence-corrected chi connectivity index (χ2v) is 6.94. The van der Waals surface area contributed by atoms with Gasteiger partial charge in [-0.15, -0.1) is 0 Å². The third-order valence-corrected chi connectivity index (χ3v) is 4.86. The van der Waals surface area contributed by atoms with Gasteiger partial charge in [-0.2, -0.15) is 0 Å². The number of hydrogen-bond donors (Lipinski definition) is 2. The van der Waals surface area contributed by atoms with Gasteiger partial charge in [0, 0.05) is 0 Å². The highest BCUT2D eigenvalue weighted by Gasteiger charge is 2.14. The van der Waals surface area contributed by atoms with Gasteiger partial charge in [-0.25, -0.2) is 4.79 Å². The molecular formula is C22H26N2O3. The number of amides is 2. The Balaban J connectivity index is 1.42. The Morgan fingerprint density at radius 3 is 2.56 bits per heavy atom. The van der Waals surface area contributed by atoms with Gasteiger partial charge in [-0.05, 0) is 54.9 Å². The second-order valence-electron chi connectivity index (χ2n) is 6.94. The van der Waals surface area contributed by atoms with Gasteiger partial charge in [-0.1, -0.05) is 48.5 Å². The van der Waals surface area contributed by atoms with Crippen LogP contribution in [0, 0.1) is 0 Å². The molecule has 0 aromatic heterocycles. The molecule has 0 bridgehead atoms. The van der Waals surface area contributed by atoms with Gasteiger partial charge in [0.05, 0.1) is 6.04 Å². The van der Waals surface area contributed by atoms with Crippen molar-refractivity contribution in [1.29, 1.82) is 0 Å². The van der Waals surface area contributed by atoms with E-state index in [9.17, 15) is 9.59 Å². The molecule has 27 heavy (non-hydrogen) atoms. The van der Waals surface area contributed by atoms with E-state index in [1.807, 2.05) is 37.3 Å². The number of aryl methyl sites for hydroxylation is 2. The van der Waals surface area contributed by atoms with Crippen molar-refractivity contribution < 1.29 is 14.3 Å². The maximum atomic E-state index is 12.1. The van der Waals surface area contributed by atoms with E-state index in [1.165, 1.54) is 24.0 Å². The molecule has 1 aliphatic rings. The van der Waals surface area contributed by atoms with Crippen LogP contribution < -0.4 is 10.6 Å². The predicted molar refractivity (Wildman–Crippen MR) is 104 cm³/mol. The number of hydrogen-bond acceptors (Lipinski definition) is 3. The van der Waals surface area contributed by atoms with E-state index in [-0.39, 0.29) is 25.1 Å². The highest BCUT2D eigenvalue weighted by molar-refractivity contribution is 5.82. The SMILES string of the molecule is CC(NC(=O)CNC(=O)OCc1ccccc1)c1ccc2c(c1)CCCC2. The van der Waals surface area contributed by atoms with Gasteiger partial charge in [0.25, 0.3) is 0 Å². The lowest BCUT2D eigenvalue weighted by atomic mass is 9.89. The van der Waals surface area contributed by atoms with E-state index < -0.39 is 6.09 Å². The van der Waals surface area contributed by atoms with Crippen LogP contribution in [-0.2, 0) is 29.0 Å². The summed E-state index contributed by atoms with van der Waals surface area (Å²) in [7, 11) is 0. The number of alkyl carbamates (subject to hydrolysis) is 1. The summed E-state index contributed by atoms with van der Waals surface area (Å²) in [5, 5.41) is 5.41. The lowest BCUT2D eigenvalue weighted by Crippen LogP contribution is -2.38. The average molecular weight is 366 g/mol. The Morgan fingerprint density at radius 1 is 1.04 bits per heavy atom. The fourth-order valence-corrected chi connectivity index (χ4v) is 3.33. The number of rotatable bonds is 6.